The number of fused-ring (bicyclic) bond motifs is 1. The summed E-state index contributed by atoms with van der Waals surface area (Å²) < 4.78 is 48.7. The van der Waals surface area contributed by atoms with E-state index in [-0.39, 0.29) is 35.0 Å². The number of hydrogen-bond acceptors (Lipinski definition) is 5. The molecule has 0 bridgehead atoms. The van der Waals surface area contributed by atoms with Crippen LogP contribution in [-0.4, -0.2) is 29.3 Å². The van der Waals surface area contributed by atoms with E-state index >= 15 is 0 Å². The minimum Gasteiger partial charge on any atom is -0.462 e. The highest BCUT2D eigenvalue weighted by molar-refractivity contribution is 6.30. The molecule has 2 heterocycles. The van der Waals surface area contributed by atoms with Crippen molar-refractivity contribution in [3.05, 3.63) is 63.7 Å². The van der Waals surface area contributed by atoms with Crippen LogP contribution in [0, 0.1) is 18.7 Å². The lowest BCUT2D eigenvalue weighted by molar-refractivity contribution is 0.0175. The van der Waals surface area contributed by atoms with Crippen LogP contribution in [0.2, 0.25) is 5.02 Å². The quantitative estimate of drug-likeness (QED) is 0.742. The molecule has 9 heteroatoms. The number of aryl methyl sites for hydroxylation is 1. The smallest absolute Gasteiger partial charge is 0.283 e. The highest BCUT2D eigenvalue weighted by Crippen LogP contribution is 2.56. The number of benzene rings is 1. The number of ether oxygens (including phenoxy) is 1. The van der Waals surface area contributed by atoms with Crippen molar-refractivity contribution >= 4 is 23.4 Å². The van der Waals surface area contributed by atoms with Gasteiger partial charge in [0.05, 0.1) is 5.02 Å². The van der Waals surface area contributed by atoms with Crippen LogP contribution >= 0.6 is 11.6 Å². The molecule has 0 amide bonds. The van der Waals surface area contributed by atoms with E-state index in [2.05, 4.69) is 9.98 Å². The van der Waals surface area contributed by atoms with E-state index < -0.39 is 29.8 Å². The molecule has 2 aliphatic rings. The molecule has 0 saturated heterocycles. The van der Waals surface area contributed by atoms with Crippen molar-refractivity contribution < 1.29 is 22.7 Å². The van der Waals surface area contributed by atoms with Gasteiger partial charge in [-0.05, 0) is 42.7 Å². The number of alkyl halides is 2. The Labute approximate surface area is 169 Å². The van der Waals surface area contributed by atoms with Crippen molar-refractivity contribution in [2.24, 2.45) is 16.6 Å². The zero-order valence-corrected chi connectivity index (χ0v) is 16.1. The average molecular weight is 424 g/mol. The van der Waals surface area contributed by atoms with Crippen LogP contribution in [-0.2, 0) is 16.7 Å². The molecule has 0 spiro atoms. The summed E-state index contributed by atoms with van der Waals surface area (Å²) in [6, 6.07) is 5.36. The van der Waals surface area contributed by atoms with Crippen molar-refractivity contribution in [3.8, 4) is 0 Å². The number of ketones is 1. The van der Waals surface area contributed by atoms with Gasteiger partial charge in [-0.2, -0.15) is 0 Å². The zero-order valence-electron chi connectivity index (χ0n) is 15.3. The standard InChI is InChI=1S/C20H17ClF3N3O2/c1-9-4-10(6-15(28)14-3-2-11(21)8-26-14)5-13(17(9)22)20(18(23)24)12-7-16(12)29-19(25)27-20/h2-5,8,12,16,18H,6-7H2,1H3,(H2,25,27)/t12-,16+,20-/m0/s1. The minimum absolute atomic E-state index is 0.133. The Morgan fingerprint density at radius 2 is 2.17 bits per heavy atom. The van der Waals surface area contributed by atoms with Gasteiger partial charge in [-0.25, -0.2) is 18.2 Å². The van der Waals surface area contributed by atoms with Crippen molar-refractivity contribution in [2.45, 2.75) is 37.8 Å². The third kappa shape index (κ3) is 3.35. The maximum atomic E-state index is 15.0. The SMILES string of the molecule is Cc1cc(CC(=O)c2ccc(Cl)cn2)cc([C@@]2(C(F)F)N=C(N)O[C@@H]3C[C@@H]32)c1F. The monoisotopic (exact) mass is 423 g/mol. The Morgan fingerprint density at radius 3 is 2.83 bits per heavy atom. The van der Waals surface area contributed by atoms with Gasteiger partial charge in [-0.3, -0.25) is 9.78 Å². The minimum atomic E-state index is -2.99. The van der Waals surface area contributed by atoms with Crippen LogP contribution < -0.4 is 5.73 Å². The summed E-state index contributed by atoms with van der Waals surface area (Å²) in [4.78, 5) is 20.4. The average Bonchev–Trinajstić information content (AvgIpc) is 3.43. The first kappa shape index (κ1) is 19.7. The Morgan fingerprint density at radius 1 is 1.41 bits per heavy atom. The van der Waals surface area contributed by atoms with Crippen molar-refractivity contribution in [2.75, 3.05) is 0 Å². The molecular formula is C20H17ClF3N3O2. The number of halogens is 4. The summed E-state index contributed by atoms with van der Waals surface area (Å²) in [6.45, 7) is 1.46. The van der Waals surface area contributed by atoms with Crippen LogP contribution in [0.5, 0.6) is 0 Å². The number of amidine groups is 1. The molecule has 0 unspecified atom stereocenters. The highest BCUT2D eigenvalue weighted by Gasteiger charge is 2.64. The van der Waals surface area contributed by atoms with Crippen LogP contribution in [0.15, 0.2) is 35.5 Å². The van der Waals surface area contributed by atoms with E-state index in [0.29, 0.717) is 17.0 Å². The maximum Gasteiger partial charge on any atom is 0.283 e. The number of hydrogen-bond donors (Lipinski definition) is 1. The zero-order chi connectivity index (χ0) is 20.9. The molecule has 4 rings (SSSR count). The predicted octanol–water partition coefficient (Wildman–Crippen LogP) is 3.80. The number of aliphatic imine (C=N–C) groups is 1. The Kier molecular flexibility index (Phi) is 4.77. The van der Waals surface area contributed by atoms with E-state index in [0.717, 1.165) is 0 Å². The summed E-state index contributed by atoms with van der Waals surface area (Å²) >= 11 is 5.78. The van der Waals surface area contributed by atoms with E-state index in [1.165, 1.54) is 37.4 Å². The van der Waals surface area contributed by atoms with Crippen LogP contribution in [0.25, 0.3) is 0 Å². The predicted molar refractivity (Wildman–Crippen MR) is 101 cm³/mol. The Hall–Kier alpha value is -2.61. The molecule has 1 saturated carbocycles. The first-order valence-corrected chi connectivity index (χ1v) is 9.34. The van der Waals surface area contributed by atoms with Gasteiger partial charge in [0.15, 0.2) is 11.3 Å². The number of carbonyl (C=O) groups excluding carboxylic acids is 1. The second kappa shape index (κ2) is 7.02. The van der Waals surface area contributed by atoms with Crippen LogP contribution in [0.3, 0.4) is 0 Å². The van der Waals surface area contributed by atoms with Gasteiger partial charge in [0.2, 0.25) is 0 Å². The van der Waals surface area contributed by atoms with Gasteiger partial charge in [0.25, 0.3) is 12.4 Å². The van der Waals surface area contributed by atoms with Crippen LogP contribution in [0.1, 0.15) is 33.6 Å². The first-order chi connectivity index (χ1) is 13.7. The topological polar surface area (TPSA) is 77.6 Å². The second-order valence-corrected chi connectivity index (χ2v) is 7.75. The van der Waals surface area contributed by atoms with Gasteiger partial charge >= 0.3 is 0 Å². The maximum absolute atomic E-state index is 15.0. The molecule has 29 heavy (non-hydrogen) atoms. The number of Topliss-reactive ketones (excluding diaryl/α,β-unsaturated/α-hetero) is 1. The largest absolute Gasteiger partial charge is 0.462 e. The number of nitrogens with two attached hydrogens (primary N) is 1. The highest BCUT2D eigenvalue weighted by atomic mass is 35.5. The van der Waals surface area contributed by atoms with Crippen molar-refractivity contribution in [3.63, 3.8) is 0 Å². The van der Waals surface area contributed by atoms with Gasteiger partial charge in [0.1, 0.15) is 17.6 Å². The summed E-state index contributed by atoms with van der Waals surface area (Å²) in [6.07, 6.45) is -1.98. The lowest BCUT2D eigenvalue weighted by atomic mass is 9.82. The third-order valence-corrected chi connectivity index (χ3v) is 5.54. The molecule has 1 aliphatic carbocycles. The van der Waals surface area contributed by atoms with E-state index in [9.17, 15) is 18.0 Å². The molecule has 5 nitrogen and oxygen atoms in total. The van der Waals surface area contributed by atoms with E-state index in [4.69, 9.17) is 22.1 Å². The van der Waals surface area contributed by atoms with Gasteiger partial charge < -0.3 is 10.5 Å². The Bertz CT molecular complexity index is 1010. The molecule has 1 aromatic heterocycles. The molecule has 1 aromatic carbocycles. The number of aromatic nitrogens is 1. The molecule has 152 valence electrons. The number of pyridine rings is 1. The van der Waals surface area contributed by atoms with Gasteiger partial charge in [-0.15, -0.1) is 0 Å². The molecule has 1 aliphatic heterocycles. The summed E-state index contributed by atoms with van der Waals surface area (Å²) in [5, 5.41) is 0.384. The van der Waals surface area contributed by atoms with E-state index in [1.54, 1.807) is 0 Å². The summed E-state index contributed by atoms with van der Waals surface area (Å²) in [5.41, 5.74) is 3.92. The molecule has 3 atom stereocenters. The lowest BCUT2D eigenvalue weighted by Crippen LogP contribution is -2.43. The number of rotatable bonds is 5. The normalized spacial score (nSPS) is 25.2. The van der Waals surface area contributed by atoms with Crippen LogP contribution in [0.4, 0.5) is 13.2 Å². The lowest BCUT2D eigenvalue weighted by Gasteiger charge is -2.33. The fraction of sp³-hybridized carbons (Fsp3) is 0.350. The second-order valence-electron chi connectivity index (χ2n) is 7.31. The summed E-state index contributed by atoms with van der Waals surface area (Å²) in [5.74, 6) is -1.80. The molecule has 0 radical (unpaired) electrons. The van der Waals surface area contributed by atoms with Gasteiger partial charge in [-0.1, -0.05) is 17.7 Å². The van der Waals surface area contributed by atoms with Crippen molar-refractivity contribution in [1.29, 1.82) is 0 Å². The fourth-order valence-corrected chi connectivity index (χ4v) is 3.97. The Balaban J connectivity index is 1.75. The number of carbonyl (C=O) groups is 1. The van der Waals surface area contributed by atoms with E-state index in [1.807, 2.05) is 0 Å². The fourth-order valence-electron chi connectivity index (χ4n) is 3.85. The summed E-state index contributed by atoms with van der Waals surface area (Å²) in [7, 11) is 0. The van der Waals surface area contributed by atoms with Gasteiger partial charge in [0, 0.05) is 24.1 Å². The van der Waals surface area contributed by atoms with Crippen molar-refractivity contribution in [1.82, 2.24) is 4.98 Å². The molecular weight excluding hydrogens is 407 g/mol. The first-order valence-electron chi connectivity index (χ1n) is 8.96. The molecule has 2 aromatic rings. The molecule has 1 fully saturated rings. The molecule has 2 N–H and O–H groups in total. The number of nitrogens with zero attached hydrogens (tertiary/aromatic N) is 2. The third-order valence-electron chi connectivity index (χ3n) is 5.32.